The molecule has 1 saturated heterocycles. The number of benzene rings is 2. The normalized spacial score (nSPS) is 44.4. The van der Waals surface area contributed by atoms with Gasteiger partial charge in [-0.1, -0.05) is 25.1 Å². The van der Waals surface area contributed by atoms with Gasteiger partial charge in [-0.25, -0.2) is 9.59 Å². The van der Waals surface area contributed by atoms with Crippen LogP contribution in [0.4, 0.5) is 5.69 Å². The minimum atomic E-state index is -1.55. The largest absolute Gasteiger partial charge is 0.455 e. The molecule has 0 amide bonds. The maximum Gasteiger partial charge on any atom is 0.338 e. The first-order chi connectivity index (χ1) is 23.6. The Hall–Kier alpha value is -3.06. The number of carbonyl (C=O) groups is 2. The number of rotatable bonds is 9. The summed E-state index contributed by atoms with van der Waals surface area (Å²) in [4.78, 5) is 30.8. The molecule has 2 aromatic rings. The molecule has 3 N–H and O–H groups in total. The number of carbonyl (C=O) groups excluding carboxylic acids is 2. The van der Waals surface area contributed by atoms with Crippen LogP contribution >= 0.6 is 0 Å². The van der Waals surface area contributed by atoms with Crippen molar-refractivity contribution in [1.82, 2.24) is 4.90 Å². The summed E-state index contributed by atoms with van der Waals surface area (Å²) < 4.78 is 39.4. The molecule has 11 nitrogen and oxygen atoms in total. The minimum absolute atomic E-state index is 0.134. The summed E-state index contributed by atoms with van der Waals surface area (Å²) in [5.41, 5.74) is 3.31. The lowest BCUT2D eigenvalue weighted by molar-refractivity contribution is -0.291. The minimum Gasteiger partial charge on any atom is -0.455 e. The van der Waals surface area contributed by atoms with Crippen molar-refractivity contribution in [3.63, 3.8) is 0 Å². The Balaban J connectivity index is 1.38. The first-order valence-electron chi connectivity index (χ1n) is 17.5. The Labute approximate surface area is 287 Å². The smallest absolute Gasteiger partial charge is 0.338 e. The van der Waals surface area contributed by atoms with Crippen molar-refractivity contribution in [3.05, 3.63) is 65.7 Å². The summed E-state index contributed by atoms with van der Waals surface area (Å²) in [6.07, 6.45) is -0.409. The first-order valence-corrected chi connectivity index (χ1v) is 17.5. The number of hydrogen-bond acceptors (Lipinski definition) is 11. The van der Waals surface area contributed by atoms with E-state index < -0.39 is 58.4 Å². The highest BCUT2D eigenvalue weighted by atomic mass is 16.6. The van der Waals surface area contributed by atoms with E-state index in [2.05, 4.69) is 11.8 Å². The first kappa shape index (κ1) is 33.1. The summed E-state index contributed by atoms with van der Waals surface area (Å²) in [6, 6.07) is 15.3. The van der Waals surface area contributed by atoms with Gasteiger partial charge in [-0.3, -0.25) is 4.90 Å². The van der Waals surface area contributed by atoms with Crippen LogP contribution in [-0.4, -0.2) is 111 Å². The van der Waals surface area contributed by atoms with Crippen molar-refractivity contribution in [2.24, 2.45) is 29.1 Å². The summed E-state index contributed by atoms with van der Waals surface area (Å²) in [6.45, 7) is 3.59. The number of nitrogens with two attached hydrogens (primary N) is 1. The molecule has 5 saturated carbocycles. The molecule has 13 atom stereocenters. The Morgan fingerprint density at radius 3 is 2.22 bits per heavy atom. The van der Waals surface area contributed by atoms with Crippen LogP contribution in [0.1, 0.15) is 53.3 Å². The second-order valence-corrected chi connectivity index (χ2v) is 15.2. The standard InChI is InChI=1S/C38H48N2O9/c1-6-40-20-35(47-5)17-16-25(44-2)38-24-18-36(43)26(45-3)19-37(28(31(38)40)29(46-4)30(35)38,49-34(42)22-12-14-23(39)15-13-22)27(24)32(36)48-33(41)21-10-8-7-9-11-21/h7-15,24-32,43H,6,16-20,39H2,1-5H3/t24-,25?,26+,27-,28-,29+,30-,31?,32-,35-,36+,37-,38?/m1/s1. The molecule has 1 heterocycles. The number of likely N-dealkylation sites (tertiary alicyclic amines) is 1. The van der Waals surface area contributed by atoms with E-state index in [0.717, 1.165) is 19.4 Å². The van der Waals surface area contributed by atoms with Crippen LogP contribution in [-0.2, 0) is 28.4 Å². The molecule has 6 aliphatic rings. The Morgan fingerprint density at radius 2 is 1.59 bits per heavy atom. The van der Waals surface area contributed by atoms with Crippen molar-refractivity contribution < 1.29 is 43.1 Å². The predicted octanol–water partition coefficient (Wildman–Crippen LogP) is 3.34. The van der Waals surface area contributed by atoms with Gasteiger partial charge in [0.2, 0.25) is 0 Å². The highest BCUT2D eigenvalue weighted by Gasteiger charge is 2.90. The molecule has 2 aromatic carbocycles. The van der Waals surface area contributed by atoms with Crippen molar-refractivity contribution >= 4 is 17.6 Å². The predicted molar refractivity (Wildman–Crippen MR) is 178 cm³/mol. The van der Waals surface area contributed by atoms with Crippen LogP contribution in [0.15, 0.2) is 54.6 Å². The molecule has 1 aliphatic heterocycles. The average Bonchev–Trinajstić information content (AvgIpc) is 3.49. The number of nitrogens with zero attached hydrogens (tertiary/aromatic N) is 1. The van der Waals surface area contributed by atoms with Gasteiger partial charge in [0.15, 0.2) is 0 Å². The topological polar surface area (TPSA) is 139 Å². The molecule has 0 radical (unpaired) electrons. The number of likely N-dealkylation sites (N-methyl/N-ethyl adjacent to an activating group) is 1. The molecule has 3 unspecified atom stereocenters. The molecule has 49 heavy (non-hydrogen) atoms. The lowest BCUT2D eigenvalue weighted by atomic mass is 9.45. The summed E-state index contributed by atoms with van der Waals surface area (Å²) in [7, 11) is 6.86. The van der Waals surface area contributed by atoms with Crippen LogP contribution in [0.5, 0.6) is 0 Å². The van der Waals surface area contributed by atoms with Gasteiger partial charge in [0.1, 0.15) is 17.3 Å². The molecule has 8 rings (SSSR count). The van der Waals surface area contributed by atoms with Crippen molar-refractivity contribution in [1.29, 1.82) is 0 Å². The Kier molecular flexibility index (Phi) is 7.76. The monoisotopic (exact) mass is 676 g/mol. The molecule has 0 aromatic heterocycles. The van der Waals surface area contributed by atoms with E-state index in [1.165, 1.54) is 0 Å². The van der Waals surface area contributed by atoms with E-state index in [-0.39, 0.29) is 42.7 Å². The van der Waals surface area contributed by atoms with Gasteiger partial charge < -0.3 is 39.3 Å². The zero-order chi connectivity index (χ0) is 34.5. The number of methoxy groups -OCH3 is 4. The van der Waals surface area contributed by atoms with Crippen LogP contribution in [0.2, 0.25) is 0 Å². The fraction of sp³-hybridized carbons (Fsp3) is 0.632. The number of piperidine rings is 1. The second kappa shape index (κ2) is 11.5. The van der Waals surface area contributed by atoms with Gasteiger partial charge >= 0.3 is 11.9 Å². The van der Waals surface area contributed by atoms with E-state index in [9.17, 15) is 14.7 Å². The molecule has 5 aliphatic carbocycles. The number of anilines is 1. The third-order valence-corrected chi connectivity index (χ3v) is 13.9. The maximum atomic E-state index is 14.4. The van der Waals surface area contributed by atoms with Gasteiger partial charge in [0.05, 0.1) is 35.0 Å². The Bertz CT molecular complexity index is 1610. The fourth-order valence-electron chi connectivity index (χ4n) is 12.4. The lowest BCUT2D eigenvalue weighted by Crippen LogP contribution is -2.78. The number of nitrogen functional groups attached to an aromatic ring is 1. The number of aliphatic hydroxyl groups is 1. The molecular weight excluding hydrogens is 628 g/mol. The number of esters is 2. The Morgan fingerprint density at radius 1 is 0.898 bits per heavy atom. The molecule has 11 heteroatoms. The van der Waals surface area contributed by atoms with Gasteiger partial charge in [-0.05, 0) is 68.1 Å². The number of fused-ring (bicyclic) bond motifs is 2. The SMILES string of the molecule is CCN1C[C@]2(OC)CCC(OC)C34C1[C@@H]([C@H](OC)[C@@H]32)[C@@]1(OC(=O)c2ccc(N)cc2)C[C@H](OC)[C@@]2(O)C[C@@H]4[C@@H]1[C@H]2OC(=O)c1ccccc1. The molecular formula is C38H48N2O9. The summed E-state index contributed by atoms with van der Waals surface area (Å²) in [5, 5.41) is 12.9. The third-order valence-electron chi connectivity index (χ3n) is 13.9. The van der Waals surface area contributed by atoms with E-state index >= 15 is 0 Å². The van der Waals surface area contributed by atoms with Crippen LogP contribution in [0, 0.1) is 29.1 Å². The molecule has 264 valence electrons. The van der Waals surface area contributed by atoms with Gasteiger partial charge in [0, 0.05) is 76.3 Å². The van der Waals surface area contributed by atoms with Crippen molar-refractivity contribution in [2.45, 2.75) is 79.9 Å². The van der Waals surface area contributed by atoms with Crippen LogP contribution in [0.25, 0.3) is 0 Å². The van der Waals surface area contributed by atoms with E-state index in [4.69, 9.17) is 34.2 Å². The zero-order valence-corrected chi connectivity index (χ0v) is 28.9. The third kappa shape index (κ3) is 4.11. The fourth-order valence-corrected chi connectivity index (χ4v) is 12.4. The second-order valence-electron chi connectivity index (χ2n) is 15.2. The number of ether oxygens (including phenoxy) is 6. The zero-order valence-electron chi connectivity index (χ0n) is 28.9. The molecule has 6 fully saturated rings. The van der Waals surface area contributed by atoms with Gasteiger partial charge in [-0.15, -0.1) is 0 Å². The van der Waals surface area contributed by atoms with Gasteiger partial charge in [-0.2, -0.15) is 0 Å². The van der Waals surface area contributed by atoms with Crippen molar-refractivity contribution in [2.75, 3.05) is 47.3 Å². The van der Waals surface area contributed by atoms with Gasteiger partial charge in [0.25, 0.3) is 0 Å². The molecule has 1 spiro atoms. The lowest BCUT2D eigenvalue weighted by Gasteiger charge is -2.69. The van der Waals surface area contributed by atoms with E-state index in [1.54, 1.807) is 77.0 Å². The van der Waals surface area contributed by atoms with E-state index in [0.29, 0.717) is 23.4 Å². The summed E-state index contributed by atoms with van der Waals surface area (Å²) in [5.74, 6) is -2.46. The van der Waals surface area contributed by atoms with Crippen molar-refractivity contribution in [3.8, 4) is 0 Å². The maximum absolute atomic E-state index is 14.4. The van der Waals surface area contributed by atoms with E-state index in [1.807, 2.05) is 6.07 Å². The highest BCUT2D eigenvalue weighted by molar-refractivity contribution is 5.90. The average molecular weight is 677 g/mol. The number of hydrogen-bond donors (Lipinski definition) is 2. The summed E-state index contributed by atoms with van der Waals surface area (Å²) >= 11 is 0. The molecule has 7 bridgehead atoms. The quantitative estimate of drug-likeness (QED) is 0.299. The van der Waals surface area contributed by atoms with Crippen LogP contribution in [0.3, 0.4) is 0 Å². The highest BCUT2D eigenvalue weighted by Crippen LogP contribution is 2.79. The van der Waals surface area contributed by atoms with Crippen LogP contribution < -0.4 is 5.73 Å².